The van der Waals surface area contributed by atoms with Crippen molar-refractivity contribution >= 4 is 29.1 Å². The van der Waals surface area contributed by atoms with Crippen LogP contribution in [0.5, 0.6) is 5.75 Å². The van der Waals surface area contributed by atoms with Crippen LogP contribution in [0.1, 0.15) is 22.0 Å². The number of ether oxygens (including phenoxy) is 1. The van der Waals surface area contributed by atoms with Gasteiger partial charge in [0.25, 0.3) is 5.91 Å². The molecule has 12 nitrogen and oxygen atoms in total. The number of hydrogen-bond donors (Lipinski definition) is 5. The summed E-state index contributed by atoms with van der Waals surface area (Å²) in [5, 5.41) is 29.9. The minimum Gasteiger partial charge on any atom is -0.496 e. The number of halogens is 1. The molecule has 1 atom stereocenters. The largest absolute Gasteiger partial charge is 0.496 e. The molecule has 0 radical (unpaired) electrons. The molecule has 1 aliphatic rings. The number of nitrogens with one attached hydrogen (secondary N) is 3. The Morgan fingerprint density at radius 1 is 1.31 bits per heavy atom. The maximum absolute atomic E-state index is 13.1. The summed E-state index contributed by atoms with van der Waals surface area (Å²) in [6.07, 6.45) is 6.25. The summed E-state index contributed by atoms with van der Waals surface area (Å²) in [5.74, 6) is -0.362. The predicted octanol–water partition coefficient (Wildman–Crippen LogP) is -0.00660. The van der Waals surface area contributed by atoms with E-state index in [0.717, 1.165) is 0 Å². The van der Waals surface area contributed by atoms with Gasteiger partial charge in [-0.05, 0) is 24.3 Å². The van der Waals surface area contributed by atoms with Crippen molar-refractivity contribution in [3.63, 3.8) is 0 Å². The van der Waals surface area contributed by atoms with Gasteiger partial charge in [0.1, 0.15) is 17.9 Å². The number of aliphatic hydroxyl groups is 2. The lowest BCUT2D eigenvalue weighted by atomic mass is 10.0. The highest BCUT2D eigenvalue weighted by Gasteiger charge is 2.31. The number of hydrogen-bond acceptors (Lipinski definition) is 9. The summed E-state index contributed by atoms with van der Waals surface area (Å²) in [7, 11) is 1.52. The monoisotopic (exact) mass is 501 g/mol. The van der Waals surface area contributed by atoms with E-state index >= 15 is 0 Å². The van der Waals surface area contributed by atoms with Gasteiger partial charge in [-0.1, -0.05) is 11.6 Å². The van der Waals surface area contributed by atoms with Crippen molar-refractivity contribution in [2.45, 2.75) is 12.1 Å². The Bertz CT molecular complexity index is 1260. The van der Waals surface area contributed by atoms with Gasteiger partial charge < -0.3 is 30.6 Å². The normalized spacial score (nSPS) is 15.4. The Balaban J connectivity index is 1.61. The van der Waals surface area contributed by atoms with Crippen molar-refractivity contribution in [2.24, 2.45) is 0 Å². The zero-order valence-electron chi connectivity index (χ0n) is 18.7. The first-order chi connectivity index (χ1) is 16.9. The zero-order chi connectivity index (χ0) is 24.9. The molecule has 1 unspecified atom stereocenters. The second-order valence-electron chi connectivity index (χ2n) is 7.69. The highest BCUT2D eigenvalue weighted by molar-refractivity contribution is 6.30. The standard InChI is InChI=1S/C22H24ClN7O5/c1-35-18-4-3-13(23)7-15(18)20-17(9-29(28-20)10-19(33)26-14(11-31)12-32)27-22(34)16-8-25-30-6-2-5-24-21(16)30/h2-9,14,20,28,31-32H,10-12H2,1H3,(H,26,33)(H,27,34). The van der Waals surface area contributed by atoms with E-state index in [2.05, 4.69) is 26.1 Å². The number of rotatable bonds is 9. The minimum atomic E-state index is -0.778. The van der Waals surface area contributed by atoms with Crippen molar-refractivity contribution in [1.82, 2.24) is 35.7 Å². The molecule has 2 aromatic heterocycles. The third-order valence-electron chi connectivity index (χ3n) is 5.31. The maximum atomic E-state index is 13.1. The molecule has 1 aromatic carbocycles. The third kappa shape index (κ3) is 5.35. The molecule has 0 bridgehead atoms. The van der Waals surface area contributed by atoms with Crippen LogP contribution in [0.15, 0.2) is 54.8 Å². The van der Waals surface area contributed by atoms with Gasteiger partial charge in [-0.2, -0.15) is 5.10 Å². The Morgan fingerprint density at radius 3 is 2.86 bits per heavy atom. The number of carbonyl (C=O) groups excluding carboxylic acids is 2. The van der Waals surface area contributed by atoms with E-state index in [0.29, 0.717) is 27.7 Å². The van der Waals surface area contributed by atoms with Crippen LogP contribution in [0.2, 0.25) is 5.02 Å². The van der Waals surface area contributed by atoms with Crippen molar-refractivity contribution < 1.29 is 24.5 Å². The fourth-order valence-electron chi connectivity index (χ4n) is 3.64. The molecule has 4 rings (SSSR count). The van der Waals surface area contributed by atoms with Gasteiger partial charge in [0.05, 0.1) is 44.3 Å². The topological polar surface area (TPSA) is 153 Å². The number of methoxy groups -OCH3 is 1. The number of fused-ring (bicyclic) bond motifs is 1. The Labute approximate surface area is 205 Å². The first-order valence-corrected chi connectivity index (χ1v) is 11.0. The first-order valence-electron chi connectivity index (χ1n) is 10.6. The summed E-state index contributed by atoms with van der Waals surface area (Å²) in [4.78, 5) is 29.8. The summed E-state index contributed by atoms with van der Waals surface area (Å²) < 4.78 is 6.97. The molecule has 1 aliphatic heterocycles. The number of hydrazine groups is 1. The molecule has 3 aromatic rings. The highest BCUT2D eigenvalue weighted by atomic mass is 35.5. The second-order valence-corrected chi connectivity index (χ2v) is 8.13. The van der Waals surface area contributed by atoms with Gasteiger partial charge in [-0.25, -0.2) is 14.9 Å². The average Bonchev–Trinajstić information content (AvgIpc) is 3.46. The maximum Gasteiger partial charge on any atom is 0.261 e. The third-order valence-corrected chi connectivity index (χ3v) is 5.54. The van der Waals surface area contributed by atoms with Gasteiger partial charge in [-0.3, -0.25) is 9.59 Å². The molecule has 2 amide bonds. The molecule has 0 aliphatic carbocycles. The lowest BCUT2D eigenvalue weighted by Gasteiger charge is -2.23. The van der Waals surface area contributed by atoms with E-state index in [1.54, 1.807) is 42.9 Å². The molecule has 0 spiro atoms. The minimum absolute atomic E-state index is 0.159. The molecule has 0 saturated carbocycles. The second kappa shape index (κ2) is 10.7. The SMILES string of the molecule is COc1ccc(Cl)cc1C1NN(CC(=O)NC(CO)CO)C=C1NC(=O)c1cnn2cccnc12. The van der Waals surface area contributed by atoms with Crippen LogP contribution in [0.25, 0.3) is 5.65 Å². The molecular weight excluding hydrogens is 478 g/mol. The number of benzene rings is 1. The van der Waals surface area contributed by atoms with E-state index in [9.17, 15) is 19.8 Å². The van der Waals surface area contributed by atoms with E-state index in [4.69, 9.17) is 16.3 Å². The predicted molar refractivity (Wildman–Crippen MR) is 125 cm³/mol. The van der Waals surface area contributed by atoms with Gasteiger partial charge >= 0.3 is 0 Å². The molecular formula is C22H24ClN7O5. The zero-order valence-corrected chi connectivity index (χ0v) is 19.4. The van der Waals surface area contributed by atoms with Crippen LogP contribution in [-0.4, -0.2) is 74.5 Å². The lowest BCUT2D eigenvalue weighted by Crippen LogP contribution is -2.46. The fraction of sp³-hybridized carbons (Fsp3) is 0.273. The van der Waals surface area contributed by atoms with Crippen molar-refractivity contribution in [3.05, 3.63) is 70.9 Å². The van der Waals surface area contributed by atoms with Crippen molar-refractivity contribution in [2.75, 3.05) is 26.9 Å². The van der Waals surface area contributed by atoms with Gasteiger partial charge in [0, 0.05) is 29.2 Å². The fourth-order valence-corrected chi connectivity index (χ4v) is 3.82. The number of carbonyl (C=O) groups is 2. The lowest BCUT2D eigenvalue weighted by molar-refractivity contribution is -0.123. The van der Waals surface area contributed by atoms with Gasteiger partial charge in [0.15, 0.2) is 5.65 Å². The van der Waals surface area contributed by atoms with Crippen LogP contribution >= 0.6 is 11.6 Å². The summed E-state index contributed by atoms with van der Waals surface area (Å²) in [6.45, 7) is -0.959. The van der Waals surface area contributed by atoms with Crippen molar-refractivity contribution in [1.29, 1.82) is 0 Å². The van der Waals surface area contributed by atoms with E-state index < -0.39 is 37.1 Å². The van der Waals surface area contributed by atoms with Crippen LogP contribution in [0.4, 0.5) is 0 Å². The number of aliphatic hydroxyl groups excluding tert-OH is 2. The average molecular weight is 502 g/mol. The Morgan fingerprint density at radius 2 is 2.11 bits per heavy atom. The number of amides is 2. The molecule has 3 heterocycles. The summed E-state index contributed by atoms with van der Waals surface area (Å²) in [5.41, 5.74) is 4.88. The molecule has 0 fully saturated rings. The van der Waals surface area contributed by atoms with Crippen LogP contribution in [0, 0.1) is 0 Å². The van der Waals surface area contributed by atoms with Crippen LogP contribution < -0.4 is 20.8 Å². The van der Waals surface area contributed by atoms with E-state index in [-0.39, 0.29) is 12.1 Å². The Kier molecular flexibility index (Phi) is 7.46. The number of aromatic nitrogens is 3. The molecule has 35 heavy (non-hydrogen) atoms. The smallest absolute Gasteiger partial charge is 0.261 e. The Hall–Kier alpha value is -3.71. The summed E-state index contributed by atoms with van der Waals surface area (Å²) >= 11 is 6.23. The molecule has 184 valence electrons. The number of nitrogens with zero attached hydrogens (tertiary/aromatic N) is 4. The molecule has 0 saturated heterocycles. The van der Waals surface area contributed by atoms with Crippen molar-refractivity contribution in [3.8, 4) is 5.75 Å². The quantitative estimate of drug-likeness (QED) is 0.272. The van der Waals surface area contributed by atoms with E-state index in [1.807, 2.05) is 0 Å². The van der Waals surface area contributed by atoms with Gasteiger partial charge in [-0.15, -0.1) is 0 Å². The van der Waals surface area contributed by atoms with Crippen LogP contribution in [0.3, 0.4) is 0 Å². The molecule has 13 heteroatoms. The van der Waals surface area contributed by atoms with E-state index in [1.165, 1.54) is 22.8 Å². The first kappa shape index (κ1) is 24.4. The van der Waals surface area contributed by atoms with Gasteiger partial charge in [0.2, 0.25) is 5.91 Å². The summed E-state index contributed by atoms with van der Waals surface area (Å²) in [6, 6.07) is 5.40. The van der Waals surface area contributed by atoms with Crippen LogP contribution in [-0.2, 0) is 4.79 Å². The molecule has 5 N–H and O–H groups in total. The highest BCUT2D eigenvalue weighted by Crippen LogP contribution is 2.34.